The van der Waals surface area contributed by atoms with Crippen LogP contribution in [0.2, 0.25) is 0 Å². The van der Waals surface area contributed by atoms with Gasteiger partial charge in [-0.15, -0.1) is 0 Å². The molecule has 0 radical (unpaired) electrons. The molecule has 2 aromatic rings. The molecule has 6 nitrogen and oxygen atoms in total. The van der Waals surface area contributed by atoms with Crippen LogP contribution < -0.4 is 14.8 Å². The zero-order valence-corrected chi connectivity index (χ0v) is 18.6. The van der Waals surface area contributed by atoms with Gasteiger partial charge >= 0.3 is 0 Å². The van der Waals surface area contributed by atoms with Gasteiger partial charge in [-0.2, -0.15) is 0 Å². The molecule has 1 aliphatic rings. The molecule has 1 aliphatic carbocycles. The first-order chi connectivity index (χ1) is 13.8. The third kappa shape index (κ3) is 6.29. The van der Waals surface area contributed by atoms with Crippen LogP contribution in [0, 0.1) is 0 Å². The maximum absolute atomic E-state index is 12.4. The molecule has 0 aromatic heterocycles. The summed E-state index contributed by atoms with van der Waals surface area (Å²) in [6.45, 7) is 1.75. The highest BCUT2D eigenvalue weighted by Gasteiger charge is 2.22. The summed E-state index contributed by atoms with van der Waals surface area (Å²) in [5.41, 5.74) is 0.983. The number of carbonyl (C=O) groups excluding carboxylic acids is 1. The number of sulfonamides is 1. The van der Waals surface area contributed by atoms with E-state index < -0.39 is 10.0 Å². The summed E-state index contributed by atoms with van der Waals surface area (Å²) in [5, 5.41) is 2.88. The monoisotopic (exact) mass is 480 g/mol. The largest absolute Gasteiger partial charge is 0.484 e. The van der Waals surface area contributed by atoms with Crippen LogP contribution in [0.1, 0.15) is 44.2 Å². The van der Waals surface area contributed by atoms with Crippen molar-refractivity contribution in [3.63, 3.8) is 0 Å². The summed E-state index contributed by atoms with van der Waals surface area (Å²) in [6, 6.07) is 13.7. The number of hydrogen-bond donors (Lipinski definition) is 2. The van der Waals surface area contributed by atoms with Crippen molar-refractivity contribution >= 4 is 31.9 Å². The number of carbonyl (C=O) groups is 1. The molecule has 2 aromatic carbocycles. The Balaban J connectivity index is 1.51. The average molecular weight is 481 g/mol. The summed E-state index contributed by atoms with van der Waals surface area (Å²) >= 11 is 3.42. The van der Waals surface area contributed by atoms with Crippen molar-refractivity contribution in [1.29, 1.82) is 0 Å². The lowest BCUT2D eigenvalue weighted by atomic mass is 10.1. The molecule has 156 valence electrons. The van der Waals surface area contributed by atoms with Crippen molar-refractivity contribution in [2.24, 2.45) is 0 Å². The fourth-order valence-electron chi connectivity index (χ4n) is 3.34. The Labute approximate surface area is 180 Å². The SMILES string of the molecule is C[C@@H](NC(=O)COc1ccc(S(=O)(=O)NC2CCCC2)cc1)c1cccc(Br)c1. The zero-order chi connectivity index (χ0) is 20.9. The molecule has 0 aliphatic heterocycles. The Hall–Kier alpha value is -1.90. The zero-order valence-electron chi connectivity index (χ0n) is 16.2. The van der Waals surface area contributed by atoms with Gasteiger partial charge in [0.2, 0.25) is 10.0 Å². The second-order valence-electron chi connectivity index (χ2n) is 7.21. The van der Waals surface area contributed by atoms with Crippen molar-refractivity contribution in [1.82, 2.24) is 10.0 Å². The quantitative estimate of drug-likeness (QED) is 0.599. The molecule has 0 heterocycles. The molecule has 3 rings (SSSR count). The van der Waals surface area contributed by atoms with Crippen LogP contribution in [-0.4, -0.2) is 27.0 Å². The summed E-state index contributed by atoms with van der Waals surface area (Å²) in [6.07, 6.45) is 3.88. The van der Waals surface area contributed by atoms with Crippen molar-refractivity contribution < 1.29 is 17.9 Å². The van der Waals surface area contributed by atoms with Crippen molar-refractivity contribution in [2.75, 3.05) is 6.61 Å². The van der Waals surface area contributed by atoms with Crippen molar-refractivity contribution in [3.05, 3.63) is 58.6 Å². The predicted molar refractivity (Wildman–Crippen MR) is 115 cm³/mol. The molecule has 1 atom stereocenters. The maximum atomic E-state index is 12.4. The van der Waals surface area contributed by atoms with Crippen LogP contribution in [0.4, 0.5) is 0 Å². The second kappa shape index (κ2) is 9.73. The van der Waals surface area contributed by atoms with Crippen LogP contribution in [0.5, 0.6) is 5.75 Å². The van der Waals surface area contributed by atoms with E-state index in [2.05, 4.69) is 26.0 Å². The van der Waals surface area contributed by atoms with Crippen LogP contribution in [0.25, 0.3) is 0 Å². The van der Waals surface area contributed by atoms with Gasteiger partial charge in [-0.1, -0.05) is 40.9 Å². The molecule has 0 unspecified atom stereocenters. The molecule has 0 bridgehead atoms. The first-order valence-electron chi connectivity index (χ1n) is 9.63. The molecule has 1 amide bonds. The van der Waals surface area contributed by atoms with Gasteiger partial charge in [-0.25, -0.2) is 13.1 Å². The van der Waals surface area contributed by atoms with Gasteiger partial charge < -0.3 is 10.1 Å². The molecule has 8 heteroatoms. The predicted octanol–water partition coefficient (Wildman–Crippen LogP) is 3.93. The minimum atomic E-state index is -3.53. The first-order valence-corrected chi connectivity index (χ1v) is 11.9. The number of rotatable bonds is 8. The molecule has 2 N–H and O–H groups in total. The highest BCUT2D eigenvalue weighted by molar-refractivity contribution is 9.10. The van der Waals surface area contributed by atoms with E-state index in [4.69, 9.17) is 4.74 Å². The fourth-order valence-corrected chi connectivity index (χ4v) is 5.06. The maximum Gasteiger partial charge on any atom is 0.258 e. The van der Waals surface area contributed by atoms with Gasteiger partial charge in [0.1, 0.15) is 5.75 Å². The molecule has 1 fully saturated rings. The highest BCUT2D eigenvalue weighted by atomic mass is 79.9. The summed E-state index contributed by atoms with van der Waals surface area (Å²) in [5.74, 6) is 0.187. The van der Waals surface area contributed by atoms with E-state index in [1.54, 1.807) is 12.1 Å². The molecular formula is C21H25BrN2O4S. The van der Waals surface area contributed by atoms with E-state index in [1.807, 2.05) is 31.2 Å². The van der Waals surface area contributed by atoms with Crippen LogP contribution in [-0.2, 0) is 14.8 Å². The molecule has 1 saturated carbocycles. The van der Waals surface area contributed by atoms with Crippen LogP contribution >= 0.6 is 15.9 Å². The lowest BCUT2D eigenvalue weighted by molar-refractivity contribution is -0.123. The number of halogens is 1. The number of amides is 1. The van der Waals surface area contributed by atoms with Gasteiger partial charge in [0.25, 0.3) is 5.91 Å². The molecule has 0 spiro atoms. The number of ether oxygens (including phenoxy) is 1. The summed E-state index contributed by atoms with van der Waals surface area (Å²) in [7, 11) is -3.53. The minimum absolute atomic E-state index is 0.0202. The number of benzene rings is 2. The lowest BCUT2D eigenvalue weighted by Crippen LogP contribution is -2.32. The Morgan fingerprint density at radius 1 is 1.17 bits per heavy atom. The fraction of sp³-hybridized carbons (Fsp3) is 0.381. The van der Waals surface area contributed by atoms with E-state index in [0.29, 0.717) is 5.75 Å². The third-order valence-corrected chi connectivity index (χ3v) is 6.94. The normalized spacial score (nSPS) is 15.8. The molecule has 29 heavy (non-hydrogen) atoms. The summed E-state index contributed by atoms with van der Waals surface area (Å²) < 4.78 is 34.0. The number of nitrogens with one attached hydrogen (secondary N) is 2. The Morgan fingerprint density at radius 3 is 2.52 bits per heavy atom. The second-order valence-corrected chi connectivity index (χ2v) is 9.84. The van der Waals surface area contributed by atoms with Crippen molar-refractivity contribution in [3.8, 4) is 5.75 Å². The van der Waals surface area contributed by atoms with E-state index in [1.165, 1.54) is 12.1 Å². The van der Waals surface area contributed by atoms with Gasteiger partial charge in [0, 0.05) is 10.5 Å². The standard InChI is InChI=1S/C21H25BrN2O4S/c1-15(16-5-4-6-17(22)13-16)23-21(25)14-28-19-9-11-20(12-10-19)29(26,27)24-18-7-2-3-8-18/h4-6,9-13,15,18,24H,2-3,7-8,14H2,1H3,(H,23,25)/t15-/m1/s1. The third-order valence-electron chi connectivity index (χ3n) is 4.91. The van der Waals surface area contributed by atoms with Gasteiger partial charge in [0.15, 0.2) is 6.61 Å². The molecular weight excluding hydrogens is 456 g/mol. The van der Waals surface area contributed by atoms with Crippen molar-refractivity contribution in [2.45, 2.75) is 49.6 Å². The average Bonchev–Trinajstić information content (AvgIpc) is 3.19. The van der Waals surface area contributed by atoms with Gasteiger partial charge in [-0.05, 0) is 61.7 Å². The smallest absolute Gasteiger partial charge is 0.258 e. The van der Waals surface area contributed by atoms with E-state index in [-0.39, 0.29) is 29.5 Å². The minimum Gasteiger partial charge on any atom is -0.484 e. The van der Waals surface area contributed by atoms with Gasteiger partial charge in [0.05, 0.1) is 10.9 Å². The number of hydrogen-bond acceptors (Lipinski definition) is 4. The Bertz CT molecular complexity index is 941. The Morgan fingerprint density at radius 2 is 1.86 bits per heavy atom. The van der Waals surface area contributed by atoms with E-state index >= 15 is 0 Å². The highest BCUT2D eigenvalue weighted by Crippen LogP contribution is 2.22. The summed E-state index contributed by atoms with van der Waals surface area (Å²) in [4.78, 5) is 12.3. The molecule has 0 saturated heterocycles. The van der Waals surface area contributed by atoms with Crippen LogP contribution in [0.3, 0.4) is 0 Å². The van der Waals surface area contributed by atoms with E-state index in [9.17, 15) is 13.2 Å². The Kier molecular flexibility index (Phi) is 7.32. The first kappa shape index (κ1) is 21.8. The lowest BCUT2D eigenvalue weighted by Gasteiger charge is -2.15. The topological polar surface area (TPSA) is 84.5 Å². The van der Waals surface area contributed by atoms with Crippen LogP contribution in [0.15, 0.2) is 57.9 Å². The van der Waals surface area contributed by atoms with E-state index in [0.717, 1.165) is 35.7 Å². The van der Waals surface area contributed by atoms with Gasteiger partial charge in [-0.3, -0.25) is 4.79 Å².